The zero-order valence-corrected chi connectivity index (χ0v) is 19.5. The molecule has 1 heterocycles. The van der Waals surface area contributed by atoms with Crippen molar-refractivity contribution >= 4 is 10.8 Å². The summed E-state index contributed by atoms with van der Waals surface area (Å²) < 4.78 is 25.2. The van der Waals surface area contributed by atoms with E-state index in [4.69, 9.17) is 9.47 Å². The Morgan fingerprint density at radius 2 is 1.56 bits per heavy atom. The summed E-state index contributed by atoms with van der Waals surface area (Å²) in [6.07, 6.45) is 3.73. The maximum absolute atomic E-state index is 13.4. The van der Waals surface area contributed by atoms with Crippen LogP contribution in [-0.4, -0.2) is 44.9 Å². The van der Waals surface area contributed by atoms with Crippen LogP contribution in [0.1, 0.15) is 37.3 Å². The van der Waals surface area contributed by atoms with Crippen molar-refractivity contribution in [3.63, 3.8) is 0 Å². The first-order chi connectivity index (χ1) is 15.6. The smallest absolute Gasteiger partial charge is 0.130 e. The van der Waals surface area contributed by atoms with Gasteiger partial charge >= 0.3 is 0 Å². The molecular weight excluding hydrogens is 401 g/mol. The second-order valence-electron chi connectivity index (χ2n) is 8.71. The van der Waals surface area contributed by atoms with Gasteiger partial charge in [-0.05, 0) is 65.3 Å². The molecule has 0 amide bonds. The third-order valence-corrected chi connectivity index (χ3v) is 6.60. The molecule has 0 atom stereocenters. The lowest BCUT2D eigenvalue weighted by molar-refractivity contribution is 0.152. The SMILES string of the molecule is CCCc1cccc2c(-c3c(OC)cc(CCN4CCC(F)CC4)cc3OC)cccc12. The van der Waals surface area contributed by atoms with Gasteiger partial charge in [0.1, 0.15) is 17.7 Å². The van der Waals surface area contributed by atoms with Gasteiger partial charge in [-0.15, -0.1) is 0 Å². The van der Waals surface area contributed by atoms with Crippen molar-refractivity contribution in [1.82, 2.24) is 4.90 Å². The van der Waals surface area contributed by atoms with Gasteiger partial charge in [0.15, 0.2) is 0 Å². The van der Waals surface area contributed by atoms with E-state index in [-0.39, 0.29) is 0 Å². The van der Waals surface area contributed by atoms with Crippen LogP contribution in [0.25, 0.3) is 21.9 Å². The number of halogens is 1. The van der Waals surface area contributed by atoms with E-state index in [0.717, 1.165) is 61.5 Å². The lowest BCUT2D eigenvalue weighted by Crippen LogP contribution is -2.35. The van der Waals surface area contributed by atoms with E-state index in [1.807, 2.05) is 0 Å². The summed E-state index contributed by atoms with van der Waals surface area (Å²) in [4.78, 5) is 2.35. The van der Waals surface area contributed by atoms with E-state index in [9.17, 15) is 4.39 Å². The highest BCUT2D eigenvalue weighted by atomic mass is 19.1. The molecule has 170 valence electrons. The highest BCUT2D eigenvalue weighted by Crippen LogP contribution is 2.43. The van der Waals surface area contributed by atoms with Gasteiger partial charge in [0.05, 0.1) is 19.8 Å². The number of nitrogens with zero attached hydrogens (tertiary/aromatic N) is 1. The Hall–Kier alpha value is -2.59. The summed E-state index contributed by atoms with van der Waals surface area (Å²) in [6, 6.07) is 17.3. The largest absolute Gasteiger partial charge is 0.496 e. The summed E-state index contributed by atoms with van der Waals surface area (Å²) in [7, 11) is 3.45. The zero-order chi connectivity index (χ0) is 22.5. The molecule has 1 aliphatic rings. The lowest BCUT2D eigenvalue weighted by atomic mass is 9.92. The lowest BCUT2D eigenvalue weighted by Gasteiger charge is -2.28. The van der Waals surface area contributed by atoms with Gasteiger partial charge < -0.3 is 14.4 Å². The van der Waals surface area contributed by atoms with Crippen LogP contribution in [-0.2, 0) is 12.8 Å². The third-order valence-electron chi connectivity index (χ3n) is 6.60. The third kappa shape index (κ3) is 4.75. The molecule has 1 fully saturated rings. The molecule has 3 aromatic carbocycles. The number of alkyl halides is 1. The molecule has 0 bridgehead atoms. The van der Waals surface area contributed by atoms with Crippen molar-refractivity contribution < 1.29 is 13.9 Å². The average Bonchev–Trinajstić information content (AvgIpc) is 2.83. The molecule has 0 unspecified atom stereocenters. The highest BCUT2D eigenvalue weighted by molar-refractivity contribution is 6.01. The number of benzene rings is 3. The van der Waals surface area contributed by atoms with Crippen molar-refractivity contribution in [2.45, 2.75) is 45.2 Å². The van der Waals surface area contributed by atoms with E-state index >= 15 is 0 Å². The second-order valence-corrected chi connectivity index (χ2v) is 8.71. The van der Waals surface area contributed by atoms with Gasteiger partial charge in [-0.25, -0.2) is 4.39 Å². The van der Waals surface area contributed by atoms with Gasteiger partial charge in [0, 0.05) is 19.6 Å². The molecule has 0 aromatic heterocycles. The van der Waals surface area contributed by atoms with Crippen molar-refractivity contribution in [2.75, 3.05) is 33.9 Å². The molecule has 1 aliphatic heterocycles. The van der Waals surface area contributed by atoms with Crippen LogP contribution in [0.2, 0.25) is 0 Å². The summed E-state index contributed by atoms with van der Waals surface area (Å²) in [6.45, 7) is 4.81. The monoisotopic (exact) mass is 435 g/mol. The molecule has 32 heavy (non-hydrogen) atoms. The number of methoxy groups -OCH3 is 2. The van der Waals surface area contributed by atoms with Crippen molar-refractivity contribution in [3.05, 3.63) is 59.7 Å². The maximum atomic E-state index is 13.4. The fourth-order valence-corrected chi connectivity index (χ4v) is 4.87. The van der Waals surface area contributed by atoms with Gasteiger partial charge in [-0.2, -0.15) is 0 Å². The van der Waals surface area contributed by atoms with Crippen LogP contribution in [0.15, 0.2) is 48.5 Å². The van der Waals surface area contributed by atoms with Crippen molar-refractivity contribution in [2.24, 2.45) is 0 Å². The Balaban J connectivity index is 1.69. The van der Waals surface area contributed by atoms with E-state index in [1.165, 1.54) is 21.9 Å². The zero-order valence-electron chi connectivity index (χ0n) is 19.5. The number of hydrogen-bond donors (Lipinski definition) is 0. The Kier molecular flexibility index (Phi) is 7.31. The van der Waals surface area contributed by atoms with Gasteiger partial charge in [-0.3, -0.25) is 0 Å². The fourth-order valence-electron chi connectivity index (χ4n) is 4.87. The molecule has 0 saturated carbocycles. The maximum Gasteiger partial charge on any atom is 0.130 e. The van der Waals surface area contributed by atoms with Crippen molar-refractivity contribution in [1.29, 1.82) is 0 Å². The Labute approximate surface area is 191 Å². The van der Waals surface area contributed by atoms with E-state index in [2.05, 4.69) is 60.4 Å². The molecular formula is C28H34FNO2. The summed E-state index contributed by atoms with van der Waals surface area (Å²) in [5.41, 5.74) is 4.68. The number of rotatable bonds is 8. The summed E-state index contributed by atoms with van der Waals surface area (Å²) in [5.74, 6) is 1.66. The molecule has 1 saturated heterocycles. The number of fused-ring (bicyclic) bond motifs is 1. The van der Waals surface area contributed by atoms with Crippen LogP contribution in [0, 0.1) is 0 Å². The molecule has 0 radical (unpaired) electrons. The average molecular weight is 436 g/mol. The number of aryl methyl sites for hydroxylation is 1. The molecule has 4 rings (SSSR count). The predicted molar refractivity (Wildman–Crippen MR) is 131 cm³/mol. The molecule has 0 spiro atoms. The molecule has 3 aromatic rings. The highest BCUT2D eigenvalue weighted by Gasteiger charge is 2.20. The van der Waals surface area contributed by atoms with Crippen LogP contribution in [0.5, 0.6) is 11.5 Å². The van der Waals surface area contributed by atoms with Gasteiger partial charge in [-0.1, -0.05) is 49.7 Å². The van der Waals surface area contributed by atoms with E-state index in [1.54, 1.807) is 14.2 Å². The minimum absolute atomic E-state index is 0.635. The van der Waals surface area contributed by atoms with E-state index < -0.39 is 6.17 Å². The first kappa shape index (κ1) is 22.6. The number of ether oxygens (including phenoxy) is 2. The summed E-state index contributed by atoms with van der Waals surface area (Å²) in [5, 5.41) is 2.51. The van der Waals surface area contributed by atoms with Crippen LogP contribution >= 0.6 is 0 Å². The van der Waals surface area contributed by atoms with Crippen LogP contribution in [0.4, 0.5) is 4.39 Å². The summed E-state index contributed by atoms with van der Waals surface area (Å²) >= 11 is 0. The van der Waals surface area contributed by atoms with E-state index in [0.29, 0.717) is 12.8 Å². The van der Waals surface area contributed by atoms with Gasteiger partial charge in [0.25, 0.3) is 0 Å². The number of piperidine rings is 1. The fraction of sp³-hybridized carbons (Fsp3) is 0.429. The van der Waals surface area contributed by atoms with Gasteiger partial charge in [0.2, 0.25) is 0 Å². The topological polar surface area (TPSA) is 21.7 Å². The van der Waals surface area contributed by atoms with Crippen molar-refractivity contribution in [3.8, 4) is 22.6 Å². The predicted octanol–water partition coefficient (Wildman–Crippen LogP) is 6.45. The second kappa shape index (κ2) is 10.4. The normalized spacial score (nSPS) is 15.2. The van der Waals surface area contributed by atoms with Crippen LogP contribution < -0.4 is 9.47 Å². The standard InChI is InChI=1S/C28H34FNO2/c1-4-7-21-8-5-10-24-23(21)9-6-11-25(24)28-26(31-2)18-20(19-27(28)32-3)12-15-30-16-13-22(29)14-17-30/h5-6,8-11,18-19,22H,4,7,12-17H2,1-3H3. The molecule has 0 N–H and O–H groups in total. The molecule has 3 nitrogen and oxygen atoms in total. The minimum Gasteiger partial charge on any atom is -0.496 e. The Morgan fingerprint density at radius 1 is 0.906 bits per heavy atom. The Bertz CT molecular complexity index is 1030. The number of likely N-dealkylation sites (tertiary alicyclic amines) is 1. The quantitative estimate of drug-likeness (QED) is 0.406. The minimum atomic E-state index is -0.635. The number of hydrogen-bond acceptors (Lipinski definition) is 3. The first-order valence-electron chi connectivity index (χ1n) is 11.8. The van der Waals surface area contributed by atoms with Crippen LogP contribution in [0.3, 0.4) is 0 Å². The Morgan fingerprint density at radius 3 is 2.22 bits per heavy atom. The molecule has 0 aliphatic carbocycles. The first-order valence-corrected chi connectivity index (χ1v) is 11.8. The molecule has 4 heteroatoms.